The molecule has 0 spiro atoms. The second-order valence-electron chi connectivity index (χ2n) is 10.1. The van der Waals surface area contributed by atoms with E-state index in [2.05, 4.69) is 0 Å². The van der Waals surface area contributed by atoms with Gasteiger partial charge in [-0.25, -0.2) is 0 Å². The molecular formula is C26H28F6N2O2. The minimum absolute atomic E-state index is 0.0582. The number of ether oxygens (including phenoxy) is 1. The first-order valence-electron chi connectivity index (χ1n) is 11.7. The summed E-state index contributed by atoms with van der Waals surface area (Å²) in [5.41, 5.74) is 3.36. The Labute approximate surface area is 205 Å². The van der Waals surface area contributed by atoms with Gasteiger partial charge in [-0.15, -0.1) is 0 Å². The van der Waals surface area contributed by atoms with Crippen molar-refractivity contribution in [1.29, 1.82) is 0 Å². The van der Waals surface area contributed by atoms with Gasteiger partial charge in [0.1, 0.15) is 0 Å². The number of carbonyl (C=O) groups excluding carboxylic acids is 1. The topological polar surface area (TPSA) is 55.6 Å². The van der Waals surface area contributed by atoms with Crippen LogP contribution in [-0.2, 0) is 27.3 Å². The maximum atomic E-state index is 13.3. The number of likely N-dealkylation sites (tertiary alicyclic amines) is 1. The SMILES string of the molecule is C[C@@H](OCC1(c2ccccc2)CC(N)(CN2CCCC2=O)C1)c1cc(C(F)(F)F)cc(C(F)(F)F)c1. The number of nitrogens with zero attached hydrogens (tertiary/aromatic N) is 1. The summed E-state index contributed by atoms with van der Waals surface area (Å²) >= 11 is 0. The minimum atomic E-state index is -4.93. The van der Waals surface area contributed by atoms with Gasteiger partial charge in [0.05, 0.1) is 23.8 Å². The lowest BCUT2D eigenvalue weighted by Gasteiger charge is -2.56. The molecule has 1 heterocycles. The molecule has 2 aromatic carbocycles. The molecule has 0 aromatic heterocycles. The maximum absolute atomic E-state index is 13.3. The van der Waals surface area contributed by atoms with E-state index >= 15 is 0 Å². The number of carbonyl (C=O) groups is 1. The van der Waals surface area contributed by atoms with Crippen molar-refractivity contribution in [2.75, 3.05) is 19.7 Å². The number of hydrogen-bond donors (Lipinski definition) is 1. The molecule has 36 heavy (non-hydrogen) atoms. The number of benzene rings is 2. The van der Waals surface area contributed by atoms with Gasteiger partial charge in [-0.2, -0.15) is 26.3 Å². The van der Waals surface area contributed by atoms with E-state index < -0.39 is 40.5 Å². The van der Waals surface area contributed by atoms with Gasteiger partial charge >= 0.3 is 12.4 Å². The molecule has 2 aliphatic rings. The zero-order valence-electron chi connectivity index (χ0n) is 19.8. The van der Waals surface area contributed by atoms with Crippen molar-refractivity contribution < 1.29 is 35.9 Å². The van der Waals surface area contributed by atoms with Crippen LogP contribution in [0.15, 0.2) is 48.5 Å². The third-order valence-electron chi connectivity index (χ3n) is 7.13. The first-order valence-corrected chi connectivity index (χ1v) is 11.7. The van der Waals surface area contributed by atoms with Crippen LogP contribution in [-0.4, -0.2) is 36.0 Å². The molecule has 10 heteroatoms. The fourth-order valence-electron chi connectivity index (χ4n) is 5.43. The van der Waals surface area contributed by atoms with Gasteiger partial charge in [-0.05, 0) is 55.5 Å². The van der Waals surface area contributed by atoms with Gasteiger partial charge in [0.25, 0.3) is 0 Å². The molecule has 1 atom stereocenters. The second-order valence-corrected chi connectivity index (χ2v) is 10.1. The van der Waals surface area contributed by atoms with Crippen molar-refractivity contribution in [2.24, 2.45) is 5.73 Å². The second kappa shape index (κ2) is 9.37. The first kappa shape index (κ1) is 26.5. The Bertz CT molecular complexity index is 1060. The molecule has 1 amide bonds. The van der Waals surface area contributed by atoms with Gasteiger partial charge in [-0.3, -0.25) is 4.79 Å². The lowest BCUT2D eigenvalue weighted by Crippen LogP contribution is -2.66. The Hall–Kier alpha value is -2.59. The van der Waals surface area contributed by atoms with Gasteiger partial charge in [0.15, 0.2) is 0 Å². The Morgan fingerprint density at radius 2 is 1.58 bits per heavy atom. The standard InChI is InChI=1S/C26H28F6N2O2/c1-17(18-10-20(25(27,28)29)12-21(11-18)26(30,31)32)36-16-23(19-6-3-2-4-7-19)13-24(33,14-23)15-34-9-5-8-22(34)35/h2-4,6-7,10-12,17H,5,8-9,13-16,33H2,1H3/t17-,23?,24?/m1/s1. The summed E-state index contributed by atoms with van der Waals surface area (Å²) < 4.78 is 85.7. The van der Waals surface area contributed by atoms with Crippen LogP contribution >= 0.6 is 0 Å². The summed E-state index contributed by atoms with van der Waals surface area (Å²) in [5.74, 6) is 0.0620. The number of rotatable bonds is 7. The molecule has 2 fully saturated rings. The lowest BCUT2D eigenvalue weighted by molar-refractivity contribution is -0.143. The normalized spacial score (nSPS) is 25.7. The van der Waals surface area contributed by atoms with Crippen LogP contribution in [0.25, 0.3) is 0 Å². The highest BCUT2D eigenvalue weighted by atomic mass is 19.4. The van der Waals surface area contributed by atoms with Crippen molar-refractivity contribution in [3.63, 3.8) is 0 Å². The molecule has 0 radical (unpaired) electrons. The monoisotopic (exact) mass is 514 g/mol. The van der Waals surface area contributed by atoms with E-state index in [4.69, 9.17) is 10.5 Å². The molecule has 0 bridgehead atoms. The molecule has 2 aromatic rings. The van der Waals surface area contributed by atoms with Gasteiger partial charge in [0.2, 0.25) is 5.91 Å². The van der Waals surface area contributed by atoms with Crippen LogP contribution in [0.4, 0.5) is 26.3 Å². The van der Waals surface area contributed by atoms with E-state index in [-0.39, 0.29) is 24.1 Å². The van der Waals surface area contributed by atoms with Crippen LogP contribution in [0.3, 0.4) is 0 Å². The molecular weight excluding hydrogens is 486 g/mol. The molecule has 196 valence electrons. The van der Waals surface area contributed by atoms with Crippen molar-refractivity contribution >= 4 is 5.91 Å². The predicted molar refractivity (Wildman–Crippen MR) is 121 cm³/mol. The van der Waals surface area contributed by atoms with Gasteiger partial charge in [-0.1, -0.05) is 30.3 Å². The summed E-state index contributed by atoms with van der Waals surface area (Å²) in [4.78, 5) is 13.8. The van der Waals surface area contributed by atoms with E-state index in [1.807, 2.05) is 30.3 Å². The Kier molecular flexibility index (Phi) is 6.89. The fourth-order valence-corrected chi connectivity index (χ4v) is 5.43. The van der Waals surface area contributed by atoms with E-state index in [1.54, 1.807) is 4.90 Å². The van der Waals surface area contributed by atoms with E-state index in [0.717, 1.165) is 12.0 Å². The number of hydrogen-bond acceptors (Lipinski definition) is 3. The Balaban J connectivity index is 1.54. The average Bonchev–Trinajstić information content (AvgIpc) is 3.19. The predicted octanol–water partition coefficient (Wildman–Crippen LogP) is 5.85. The fraction of sp³-hybridized carbons (Fsp3) is 0.500. The molecule has 1 saturated heterocycles. The highest BCUT2D eigenvalue weighted by Gasteiger charge is 2.54. The van der Waals surface area contributed by atoms with Crippen LogP contribution in [0, 0.1) is 0 Å². The van der Waals surface area contributed by atoms with Gasteiger partial charge < -0.3 is 15.4 Å². The van der Waals surface area contributed by atoms with E-state index in [1.165, 1.54) is 6.92 Å². The van der Waals surface area contributed by atoms with Crippen molar-refractivity contribution in [3.05, 3.63) is 70.8 Å². The quantitative estimate of drug-likeness (QED) is 0.472. The van der Waals surface area contributed by atoms with Crippen LogP contribution in [0.5, 0.6) is 0 Å². The summed E-state index contributed by atoms with van der Waals surface area (Å²) in [6, 6.07) is 10.9. The molecule has 0 unspecified atom stereocenters. The summed E-state index contributed by atoms with van der Waals surface area (Å²) in [6.07, 6.45) is -8.66. The number of alkyl halides is 6. The smallest absolute Gasteiger partial charge is 0.373 e. The average molecular weight is 515 g/mol. The van der Waals surface area contributed by atoms with Crippen molar-refractivity contribution in [3.8, 4) is 0 Å². The third kappa shape index (κ3) is 5.54. The molecule has 4 rings (SSSR count). The minimum Gasteiger partial charge on any atom is -0.373 e. The van der Waals surface area contributed by atoms with Gasteiger partial charge in [0, 0.05) is 30.5 Å². The molecule has 1 saturated carbocycles. The number of nitrogens with two attached hydrogens (primary N) is 1. The molecule has 1 aliphatic heterocycles. The van der Waals surface area contributed by atoms with E-state index in [0.29, 0.717) is 44.5 Å². The highest BCUT2D eigenvalue weighted by Crippen LogP contribution is 2.50. The first-order chi connectivity index (χ1) is 16.7. The van der Waals surface area contributed by atoms with Crippen LogP contribution in [0.1, 0.15) is 61.0 Å². The largest absolute Gasteiger partial charge is 0.416 e. The van der Waals surface area contributed by atoms with Crippen LogP contribution in [0.2, 0.25) is 0 Å². The van der Waals surface area contributed by atoms with Crippen molar-refractivity contribution in [1.82, 2.24) is 4.90 Å². The summed E-state index contributed by atoms with van der Waals surface area (Å²) in [5, 5.41) is 0. The number of amides is 1. The maximum Gasteiger partial charge on any atom is 0.416 e. The Morgan fingerprint density at radius 3 is 2.08 bits per heavy atom. The molecule has 4 nitrogen and oxygen atoms in total. The highest BCUT2D eigenvalue weighted by molar-refractivity contribution is 5.78. The lowest BCUT2D eigenvalue weighted by atomic mass is 9.55. The van der Waals surface area contributed by atoms with Crippen molar-refractivity contribution in [2.45, 2.75) is 62.0 Å². The number of halogens is 6. The van der Waals surface area contributed by atoms with E-state index in [9.17, 15) is 31.1 Å². The zero-order chi connectivity index (χ0) is 26.4. The molecule has 1 aliphatic carbocycles. The summed E-state index contributed by atoms with van der Waals surface area (Å²) in [7, 11) is 0. The zero-order valence-corrected chi connectivity index (χ0v) is 19.8. The third-order valence-corrected chi connectivity index (χ3v) is 7.13. The summed E-state index contributed by atoms with van der Waals surface area (Å²) in [6.45, 7) is 2.55. The van der Waals surface area contributed by atoms with Crippen LogP contribution < -0.4 is 5.73 Å². The molecule has 2 N–H and O–H groups in total. The Morgan fingerprint density at radius 1 is 1.00 bits per heavy atom.